The van der Waals surface area contributed by atoms with Gasteiger partial charge in [-0.05, 0) is 50.6 Å². The molecule has 21 heavy (non-hydrogen) atoms. The number of benzene rings is 1. The molecule has 1 N–H and O–H groups in total. The van der Waals surface area contributed by atoms with Crippen LogP contribution in [0.25, 0.3) is 0 Å². The van der Waals surface area contributed by atoms with Crippen molar-refractivity contribution in [2.75, 3.05) is 6.54 Å². The zero-order chi connectivity index (χ0) is 15.0. The minimum atomic E-state index is 0.0998. The molecule has 1 saturated carbocycles. The van der Waals surface area contributed by atoms with E-state index in [0.29, 0.717) is 6.04 Å². The van der Waals surface area contributed by atoms with Crippen LogP contribution >= 0.6 is 0 Å². The van der Waals surface area contributed by atoms with Crippen molar-refractivity contribution >= 4 is 0 Å². The number of aryl methyl sites for hydroxylation is 1. The van der Waals surface area contributed by atoms with E-state index < -0.39 is 0 Å². The quantitative estimate of drug-likeness (QED) is 0.872. The van der Waals surface area contributed by atoms with Gasteiger partial charge in [0.1, 0.15) is 11.4 Å². The van der Waals surface area contributed by atoms with Gasteiger partial charge in [-0.3, -0.25) is 0 Å². The fraction of sp³-hybridized carbons (Fsp3) is 0.684. The average molecular weight is 287 g/mol. The molecule has 1 heterocycles. The fourth-order valence-electron chi connectivity index (χ4n) is 3.91. The lowest BCUT2D eigenvalue weighted by atomic mass is 9.62. The van der Waals surface area contributed by atoms with Crippen molar-refractivity contribution in [3.05, 3.63) is 29.3 Å². The van der Waals surface area contributed by atoms with Crippen LogP contribution in [0.1, 0.15) is 63.6 Å². The molecule has 1 unspecified atom stereocenters. The second-order valence-electron chi connectivity index (χ2n) is 7.45. The van der Waals surface area contributed by atoms with Crippen LogP contribution in [-0.2, 0) is 0 Å². The van der Waals surface area contributed by atoms with Crippen LogP contribution in [0.4, 0.5) is 0 Å². The number of rotatable bonds is 4. The summed E-state index contributed by atoms with van der Waals surface area (Å²) >= 11 is 0. The zero-order valence-corrected chi connectivity index (χ0v) is 13.9. The lowest BCUT2D eigenvalue weighted by Crippen LogP contribution is -2.54. The topological polar surface area (TPSA) is 21.3 Å². The normalized spacial score (nSPS) is 30.9. The van der Waals surface area contributed by atoms with Crippen molar-refractivity contribution in [2.24, 2.45) is 11.8 Å². The van der Waals surface area contributed by atoms with E-state index in [-0.39, 0.29) is 5.60 Å². The summed E-state index contributed by atoms with van der Waals surface area (Å²) in [5, 5.41) is 3.74. The van der Waals surface area contributed by atoms with Gasteiger partial charge in [0.15, 0.2) is 0 Å². The van der Waals surface area contributed by atoms with E-state index in [9.17, 15) is 0 Å². The highest BCUT2D eigenvalue weighted by Crippen LogP contribution is 2.53. The Labute approximate surface area is 129 Å². The van der Waals surface area contributed by atoms with Crippen molar-refractivity contribution in [3.8, 4) is 5.75 Å². The number of hydrogen-bond acceptors (Lipinski definition) is 2. The van der Waals surface area contributed by atoms with Gasteiger partial charge in [-0.25, -0.2) is 0 Å². The van der Waals surface area contributed by atoms with Crippen LogP contribution in [0.2, 0.25) is 0 Å². The van der Waals surface area contributed by atoms with Crippen LogP contribution in [-0.4, -0.2) is 12.1 Å². The largest absolute Gasteiger partial charge is 0.487 e. The van der Waals surface area contributed by atoms with E-state index in [1.807, 2.05) is 0 Å². The summed E-state index contributed by atoms with van der Waals surface area (Å²) in [5.41, 5.74) is 2.79. The molecule has 1 aliphatic carbocycles. The highest BCUT2D eigenvalue weighted by Gasteiger charge is 2.51. The highest BCUT2D eigenvalue weighted by molar-refractivity contribution is 5.42. The van der Waals surface area contributed by atoms with E-state index in [1.165, 1.54) is 30.4 Å². The Balaban J connectivity index is 1.82. The number of fused-ring (bicyclic) bond motifs is 1. The average Bonchev–Trinajstić information content (AvgIpc) is 2.42. The number of nitrogens with one attached hydrogen (secondary N) is 1. The Morgan fingerprint density at radius 2 is 2.05 bits per heavy atom. The summed E-state index contributed by atoms with van der Waals surface area (Å²) in [6, 6.07) is 7.11. The number of hydrogen-bond donors (Lipinski definition) is 1. The number of ether oxygens (including phenoxy) is 1. The molecule has 1 spiro atoms. The minimum Gasteiger partial charge on any atom is -0.487 e. The molecular weight excluding hydrogens is 258 g/mol. The summed E-state index contributed by atoms with van der Waals surface area (Å²) in [6.07, 6.45) is 4.76. The monoisotopic (exact) mass is 287 g/mol. The first-order chi connectivity index (χ1) is 10.0. The van der Waals surface area contributed by atoms with Crippen molar-refractivity contribution in [3.63, 3.8) is 0 Å². The molecule has 1 aliphatic heterocycles. The third-order valence-corrected chi connectivity index (χ3v) is 5.30. The van der Waals surface area contributed by atoms with Gasteiger partial charge in [-0.15, -0.1) is 0 Å². The summed E-state index contributed by atoms with van der Waals surface area (Å²) < 4.78 is 6.46. The molecule has 0 aromatic heterocycles. The van der Waals surface area contributed by atoms with Crippen molar-refractivity contribution in [1.29, 1.82) is 0 Å². The maximum atomic E-state index is 6.46. The Bertz CT molecular complexity index is 502. The first-order valence-electron chi connectivity index (χ1n) is 8.56. The standard InChI is InChI=1S/C19H29NO/c1-5-8-20-17-12-19(10-15(11-19)13(2)3)21-18-7-6-14(4)9-16(17)18/h6-7,9,13,15,17,20H,5,8,10-12H2,1-4H3. The maximum Gasteiger partial charge on any atom is 0.124 e. The van der Waals surface area contributed by atoms with Gasteiger partial charge in [0.25, 0.3) is 0 Å². The second-order valence-corrected chi connectivity index (χ2v) is 7.45. The van der Waals surface area contributed by atoms with E-state index in [4.69, 9.17) is 4.74 Å². The predicted molar refractivity (Wildman–Crippen MR) is 87.8 cm³/mol. The smallest absolute Gasteiger partial charge is 0.124 e. The van der Waals surface area contributed by atoms with Crippen molar-refractivity contribution in [1.82, 2.24) is 5.32 Å². The Morgan fingerprint density at radius 3 is 2.71 bits per heavy atom. The molecular formula is C19H29NO. The van der Waals surface area contributed by atoms with Crippen LogP contribution in [0.15, 0.2) is 18.2 Å². The SMILES string of the molecule is CCCNC1CC2(CC(C(C)C)C2)Oc2ccc(C)cc21. The molecule has 3 rings (SSSR count). The zero-order valence-electron chi connectivity index (χ0n) is 13.9. The molecule has 0 radical (unpaired) electrons. The lowest BCUT2D eigenvalue weighted by molar-refractivity contribution is -0.0873. The third kappa shape index (κ3) is 2.83. The molecule has 1 aromatic rings. The van der Waals surface area contributed by atoms with Gasteiger partial charge in [-0.2, -0.15) is 0 Å². The van der Waals surface area contributed by atoms with Crippen LogP contribution in [0.3, 0.4) is 0 Å². The van der Waals surface area contributed by atoms with E-state index in [2.05, 4.69) is 51.2 Å². The van der Waals surface area contributed by atoms with E-state index in [1.54, 1.807) is 0 Å². The van der Waals surface area contributed by atoms with Gasteiger partial charge in [-0.1, -0.05) is 38.5 Å². The molecule has 1 aromatic carbocycles. The Morgan fingerprint density at radius 1 is 1.29 bits per heavy atom. The molecule has 2 aliphatic rings. The van der Waals surface area contributed by atoms with Crippen LogP contribution in [0.5, 0.6) is 5.75 Å². The Hall–Kier alpha value is -1.02. The van der Waals surface area contributed by atoms with E-state index >= 15 is 0 Å². The molecule has 0 saturated heterocycles. The molecule has 2 heteroatoms. The van der Waals surface area contributed by atoms with E-state index in [0.717, 1.165) is 30.6 Å². The van der Waals surface area contributed by atoms with Crippen molar-refractivity contribution < 1.29 is 4.74 Å². The highest BCUT2D eigenvalue weighted by atomic mass is 16.5. The van der Waals surface area contributed by atoms with Crippen molar-refractivity contribution in [2.45, 2.75) is 65.0 Å². The van der Waals surface area contributed by atoms with Gasteiger partial charge in [0.05, 0.1) is 0 Å². The Kier molecular flexibility index (Phi) is 4.00. The second kappa shape index (κ2) is 5.64. The first-order valence-corrected chi connectivity index (χ1v) is 8.56. The maximum absolute atomic E-state index is 6.46. The molecule has 1 fully saturated rings. The third-order valence-electron chi connectivity index (χ3n) is 5.30. The minimum absolute atomic E-state index is 0.0998. The molecule has 2 nitrogen and oxygen atoms in total. The predicted octanol–water partition coefficient (Wildman–Crippen LogP) is 4.62. The first kappa shape index (κ1) is 14.9. The van der Waals surface area contributed by atoms with Crippen LogP contribution < -0.4 is 10.1 Å². The molecule has 116 valence electrons. The van der Waals surface area contributed by atoms with Gasteiger partial charge in [0, 0.05) is 18.0 Å². The summed E-state index contributed by atoms with van der Waals surface area (Å²) in [7, 11) is 0. The summed E-state index contributed by atoms with van der Waals surface area (Å²) in [5.74, 6) is 2.73. The lowest BCUT2D eigenvalue weighted by Gasteiger charge is -2.53. The summed E-state index contributed by atoms with van der Waals surface area (Å²) in [4.78, 5) is 0. The van der Waals surface area contributed by atoms with Gasteiger partial charge < -0.3 is 10.1 Å². The van der Waals surface area contributed by atoms with Crippen LogP contribution in [0, 0.1) is 18.8 Å². The van der Waals surface area contributed by atoms with Gasteiger partial charge >= 0.3 is 0 Å². The van der Waals surface area contributed by atoms with Gasteiger partial charge in [0.2, 0.25) is 0 Å². The molecule has 1 atom stereocenters. The summed E-state index contributed by atoms with van der Waals surface area (Å²) in [6.45, 7) is 10.2. The molecule has 0 bridgehead atoms. The molecule has 0 amide bonds. The fourth-order valence-corrected chi connectivity index (χ4v) is 3.91.